The van der Waals surface area contributed by atoms with Gasteiger partial charge in [-0.05, 0) is 35.9 Å². The minimum absolute atomic E-state index is 0.00300. The summed E-state index contributed by atoms with van der Waals surface area (Å²) in [6, 6.07) is 13.1. The number of nitrogens with zero attached hydrogens (tertiary/aromatic N) is 1. The molecule has 2 aromatic rings. The van der Waals surface area contributed by atoms with Crippen LogP contribution in [0.4, 0.5) is 5.69 Å². The van der Waals surface area contributed by atoms with E-state index >= 15 is 0 Å². The van der Waals surface area contributed by atoms with E-state index < -0.39 is 4.92 Å². The summed E-state index contributed by atoms with van der Waals surface area (Å²) in [5.41, 5.74) is 1.18. The number of carbonyl (C=O) groups is 1. The van der Waals surface area contributed by atoms with Crippen molar-refractivity contribution in [2.24, 2.45) is 0 Å². The second-order valence-corrected chi connectivity index (χ2v) is 4.97. The molecule has 0 N–H and O–H groups in total. The monoisotopic (exact) mass is 331 g/mol. The van der Waals surface area contributed by atoms with Crippen LogP contribution in [0.5, 0.6) is 0 Å². The SMILES string of the molecule is O=C(/C=C/c1cccc([N+](=O)[O-])c1)c1ccc(Br)cc1. The zero-order valence-electron chi connectivity index (χ0n) is 10.3. The molecule has 0 heterocycles. The van der Waals surface area contributed by atoms with Crippen molar-refractivity contribution in [3.63, 3.8) is 0 Å². The van der Waals surface area contributed by atoms with Gasteiger partial charge >= 0.3 is 0 Å². The molecule has 20 heavy (non-hydrogen) atoms. The molecule has 0 fully saturated rings. The zero-order valence-corrected chi connectivity index (χ0v) is 11.9. The zero-order chi connectivity index (χ0) is 14.5. The average molecular weight is 332 g/mol. The highest BCUT2D eigenvalue weighted by Gasteiger charge is 2.05. The fourth-order valence-corrected chi connectivity index (χ4v) is 1.89. The Morgan fingerprint density at radius 2 is 1.85 bits per heavy atom. The third kappa shape index (κ3) is 3.61. The smallest absolute Gasteiger partial charge is 0.270 e. The van der Waals surface area contributed by atoms with Gasteiger partial charge in [0.15, 0.2) is 5.78 Å². The Labute approximate surface area is 124 Å². The van der Waals surface area contributed by atoms with E-state index in [0.29, 0.717) is 11.1 Å². The molecule has 100 valence electrons. The molecule has 2 aromatic carbocycles. The quantitative estimate of drug-likeness (QED) is 0.364. The predicted octanol–water partition coefficient (Wildman–Crippen LogP) is 4.25. The second-order valence-electron chi connectivity index (χ2n) is 4.06. The molecule has 0 spiro atoms. The molecule has 0 aliphatic heterocycles. The van der Waals surface area contributed by atoms with Gasteiger partial charge in [-0.1, -0.05) is 34.1 Å². The summed E-state index contributed by atoms with van der Waals surface area (Å²) < 4.78 is 0.900. The van der Waals surface area contributed by atoms with Crippen molar-refractivity contribution in [2.45, 2.75) is 0 Å². The van der Waals surface area contributed by atoms with Crippen molar-refractivity contribution in [2.75, 3.05) is 0 Å². The summed E-state index contributed by atoms with van der Waals surface area (Å²) in [6.07, 6.45) is 2.97. The Balaban J connectivity index is 2.16. The third-order valence-electron chi connectivity index (χ3n) is 2.64. The van der Waals surface area contributed by atoms with Crippen molar-refractivity contribution >= 4 is 33.5 Å². The standard InChI is InChI=1S/C15H10BrNO3/c16-13-7-5-12(6-8-13)15(18)9-4-11-2-1-3-14(10-11)17(19)20/h1-10H/b9-4+. The van der Waals surface area contributed by atoms with Crippen LogP contribution in [0, 0.1) is 10.1 Å². The summed E-state index contributed by atoms with van der Waals surface area (Å²) in [4.78, 5) is 22.1. The fraction of sp³-hybridized carbons (Fsp3) is 0. The van der Waals surface area contributed by atoms with Crippen molar-refractivity contribution in [1.29, 1.82) is 0 Å². The lowest BCUT2D eigenvalue weighted by Gasteiger charge is -1.97. The Bertz CT molecular complexity index is 678. The number of carbonyl (C=O) groups excluding carboxylic acids is 1. The first-order chi connectivity index (χ1) is 9.56. The number of rotatable bonds is 4. The fourth-order valence-electron chi connectivity index (χ4n) is 1.62. The van der Waals surface area contributed by atoms with E-state index in [4.69, 9.17) is 0 Å². The number of nitro benzene ring substituents is 1. The maximum atomic E-state index is 11.9. The molecule has 0 radical (unpaired) electrons. The van der Waals surface area contributed by atoms with Crippen LogP contribution in [0.3, 0.4) is 0 Å². The number of benzene rings is 2. The van der Waals surface area contributed by atoms with Crippen LogP contribution < -0.4 is 0 Å². The van der Waals surface area contributed by atoms with Gasteiger partial charge < -0.3 is 0 Å². The molecular formula is C15H10BrNO3. The van der Waals surface area contributed by atoms with Crippen LogP contribution in [0.1, 0.15) is 15.9 Å². The molecule has 4 nitrogen and oxygen atoms in total. The maximum Gasteiger partial charge on any atom is 0.270 e. The average Bonchev–Trinajstić information content (AvgIpc) is 2.46. The van der Waals surface area contributed by atoms with Gasteiger partial charge in [0.25, 0.3) is 5.69 Å². The van der Waals surface area contributed by atoms with Crippen molar-refractivity contribution in [3.8, 4) is 0 Å². The molecule has 2 rings (SSSR count). The molecule has 0 unspecified atom stereocenters. The molecule has 0 aliphatic carbocycles. The van der Waals surface area contributed by atoms with E-state index in [1.54, 1.807) is 42.5 Å². The molecule has 0 atom stereocenters. The van der Waals surface area contributed by atoms with Crippen LogP contribution in [0.15, 0.2) is 59.1 Å². The van der Waals surface area contributed by atoms with E-state index in [0.717, 1.165) is 4.47 Å². The van der Waals surface area contributed by atoms with Gasteiger partial charge in [-0.25, -0.2) is 0 Å². The molecule has 0 aliphatic rings. The molecular weight excluding hydrogens is 322 g/mol. The Hall–Kier alpha value is -2.27. The molecule has 5 heteroatoms. The van der Waals surface area contributed by atoms with Crippen molar-refractivity contribution in [3.05, 3.63) is 80.3 Å². The van der Waals surface area contributed by atoms with E-state index in [9.17, 15) is 14.9 Å². The number of halogens is 1. The van der Waals surface area contributed by atoms with Gasteiger partial charge in [0, 0.05) is 22.2 Å². The molecule has 0 aromatic heterocycles. The van der Waals surface area contributed by atoms with Crippen LogP contribution in [-0.2, 0) is 0 Å². The lowest BCUT2D eigenvalue weighted by molar-refractivity contribution is -0.384. The number of non-ortho nitro benzene ring substituents is 1. The predicted molar refractivity (Wildman–Crippen MR) is 80.6 cm³/mol. The number of ketones is 1. The Kier molecular flexibility index (Phi) is 4.42. The topological polar surface area (TPSA) is 60.2 Å². The largest absolute Gasteiger partial charge is 0.289 e. The van der Waals surface area contributed by atoms with Crippen molar-refractivity contribution in [1.82, 2.24) is 0 Å². The third-order valence-corrected chi connectivity index (χ3v) is 3.17. The summed E-state index contributed by atoms with van der Waals surface area (Å²) in [7, 11) is 0. The summed E-state index contributed by atoms with van der Waals surface area (Å²) >= 11 is 3.30. The van der Waals surface area contributed by atoms with Gasteiger partial charge in [0.05, 0.1) is 4.92 Å². The second kappa shape index (κ2) is 6.25. The van der Waals surface area contributed by atoms with Gasteiger partial charge in [-0.2, -0.15) is 0 Å². The van der Waals surface area contributed by atoms with Crippen LogP contribution in [0.25, 0.3) is 6.08 Å². The minimum atomic E-state index is -0.464. The maximum absolute atomic E-state index is 11.9. The Morgan fingerprint density at radius 3 is 2.50 bits per heavy atom. The molecule has 0 amide bonds. The first kappa shape index (κ1) is 14.1. The normalized spacial score (nSPS) is 10.7. The van der Waals surface area contributed by atoms with Crippen LogP contribution >= 0.6 is 15.9 Å². The Morgan fingerprint density at radius 1 is 1.15 bits per heavy atom. The van der Waals surface area contributed by atoms with E-state index in [1.165, 1.54) is 18.2 Å². The summed E-state index contributed by atoms with van der Waals surface area (Å²) in [5.74, 6) is -0.149. The van der Waals surface area contributed by atoms with E-state index in [-0.39, 0.29) is 11.5 Å². The minimum Gasteiger partial charge on any atom is -0.289 e. The highest BCUT2D eigenvalue weighted by molar-refractivity contribution is 9.10. The first-order valence-electron chi connectivity index (χ1n) is 5.79. The van der Waals surface area contributed by atoms with Gasteiger partial charge in [0.1, 0.15) is 0 Å². The van der Waals surface area contributed by atoms with Crippen LogP contribution in [-0.4, -0.2) is 10.7 Å². The number of allylic oxidation sites excluding steroid dienone is 1. The van der Waals surface area contributed by atoms with Gasteiger partial charge in [-0.15, -0.1) is 0 Å². The lowest BCUT2D eigenvalue weighted by atomic mass is 10.1. The highest BCUT2D eigenvalue weighted by Crippen LogP contribution is 2.15. The van der Waals surface area contributed by atoms with E-state index in [2.05, 4.69) is 15.9 Å². The lowest BCUT2D eigenvalue weighted by Crippen LogP contribution is -1.93. The van der Waals surface area contributed by atoms with E-state index in [1.807, 2.05) is 0 Å². The number of hydrogen-bond acceptors (Lipinski definition) is 3. The summed E-state index contributed by atoms with van der Waals surface area (Å²) in [5, 5.41) is 10.7. The molecule has 0 saturated carbocycles. The molecule has 0 bridgehead atoms. The highest BCUT2D eigenvalue weighted by atomic mass is 79.9. The van der Waals surface area contributed by atoms with Crippen LogP contribution in [0.2, 0.25) is 0 Å². The first-order valence-corrected chi connectivity index (χ1v) is 6.58. The number of hydrogen-bond donors (Lipinski definition) is 0. The van der Waals surface area contributed by atoms with Gasteiger partial charge in [0.2, 0.25) is 0 Å². The van der Waals surface area contributed by atoms with Crippen molar-refractivity contribution < 1.29 is 9.72 Å². The summed E-state index contributed by atoms with van der Waals surface area (Å²) in [6.45, 7) is 0. The molecule has 0 saturated heterocycles. The number of nitro groups is 1. The van der Waals surface area contributed by atoms with Gasteiger partial charge in [-0.3, -0.25) is 14.9 Å².